The van der Waals surface area contributed by atoms with Crippen molar-refractivity contribution >= 4 is 0 Å². The normalized spacial score (nSPS) is 1.67. The number of nitriles is 2. The van der Waals surface area contributed by atoms with Crippen LogP contribution in [-0.2, 0) is 17.1 Å². The Balaban J connectivity index is -0.0000000150. The number of rotatable bonds is 0. The van der Waals surface area contributed by atoms with E-state index in [1.54, 1.807) is 0 Å². The molecule has 0 rings (SSSR count). The second-order valence-electron chi connectivity index (χ2n) is 0.224. The van der Waals surface area contributed by atoms with E-state index in [2.05, 4.69) is 0 Å². The molecular formula is C2HFeKN2. The van der Waals surface area contributed by atoms with Crippen LogP contribution >= 0.6 is 0 Å². The molecule has 0 unspecified atom stereocenters. The fourth-order valence-electron chi connectivity index (χ4n) is 0. The van der Waals surface area contributed by atoms with E-state index in [-0.39, 0.29) is 69.9 Å². The van der Waals surface area contributed by atoms with Crippen molar-refractivity contribution in [2.45, 2.75) is 0 Å². The zero-order valence-corrected chi connectivity index (χ0v) is 7.48. The Labute approximate surface area is 90.9 Å². The smallest absolute Gasteiger partial charge is 1.00 e. The molecule has 0 aromatic carbocycles. The Hall–Kier alpha value is 1.14. The molecule has 6 heavy (non-hydrogen) atoms. The summed E-state index contributed by atoms with van der Waals surface area (Å²) in [5, 5.41) is 14.5. The second kappa shape index (κ2) is 16.5. The van der Waals surface area contributed by atoms with Gasteiger partial charge in [0.2, 0.25) is 0 Å². The first kappa shape index (κ1) is 15.7. The maximum absolute atomic E-state index is 7.26. The monoisotopic (exact) mass is 148 g/mol. The maximum Gasteiger partial charge on any atom is 1.00 e. The summed E-state index contributed by atoms with van der Waals surface area (Å²) >= 11 is 0. The van der Waals surface area contributed by atoms with Gasteiger partial charge in [-0.05, 0) is 0 Å². The third-order valence-electron chi connectivity index (χ3n) is 0.0500. The van der Waals surface area contributed by atoms with Crippen LogP contribution in [0.4, 0.5) is 0 Å². The molecule has 28 valence electrons. The summed E-state index contributed by atoms with van der Waals surface area (Å²) in [6.07, 6.45) is 0. The average Bonchev–Trinajstić information content (AvgIpc) is 1.37. The van der Waals surface area contributed by atoms with Gasteiger partial charge in [-0.1, -0.05) is 0 Å². The number of hydrogen-bond donors (Lipinski definition) is 0. The van der Waals surface area contributed by atoms with E-state index in [0.29, 0.717) is 0 Å². The Morgan fingerprint density at radius 2 is 1.33 bits per heavy atom. The van der Waals surface area contributed by atoms with E-state index in [1.165, 1.54) is 12.1 Å². The Bertz CT molecular complexity index is 70.7. The largest absolute Gasteiger partial charge is 1.00 e. The summed E-state index contributed by atoms with van der Waals surface area (Å²) in [4.78, 5) is 0. The molecule has 0 fully saturated rings. The van der Waals surface area contributed by atoms with Crippen LogP contribution < -0.4 is 51.4 Å². The first-order chi connectivity index (χ1) is 1.91. The van der Waals surface area contributed by atoms with E-state index < -0.39 is 0 Å². The third kappa shape index (κ3) is 19.3. The molecule has 0 aromatic rings. The van der Waals surface area contributed by atoms with Crippen LogP contribution in [0.25, 0.3) is 0 Å². The van der Waals surface area contributed by atoms with Gasteiger partial charge in [0, 0.05) is 17.1 Å². The molecule has 0 N–H and O–H groups in total. The molecule has 0 bridgehead atoms. The van der Waals surface area contributed by atoms with Gasteiger partial charge in [0.25, 0.3) is 0 Å². The van der Waals surface area contributed by atoms with Gasteiger partial charge < -0.3 is 1.43 Å². The Morgan fingerprint density at radius 1 is 1.17 bits per heavy atom. The minimum atomic E-state index is 0. The predicted molar refractivity (Wildman–Crippen MR) is 12.3 cm³/mol. The standard InChI is InChI=1S/C2N2.Fe.K.H/c3-1-2-4;;;/q;;+1;-1. The van der Waals surface area contributed by atoms with E-state index in [0.717, 1.165) is 0 Å². The molecule has 0 aromatic heterocycles. The topological polar surface area (TPSA) is 47.6 Å². The molecule has 0 atom stereocenters. The van der Waals surface area contributed by atoms with Gasteiger partial charge in [-0.15, -0.1) is 0 Å². The fourth-order valence-corrected chi connectivity index (χ4v) is 0. The van der Waals surface area contributed by atoms with Crippen molar-refractivity contribution in [3.05, 3.63) is 0 Å². The van der Waals surface area contributed by atoms with Gasteiger partial charge in [0.15, 0.2) is 12.1 Å². The van der Waals surface area contributed by atoms with Crippen molar-refractivity contribution in [1.29, 1.82) is 10.5 Å². The van der Waals surface area contributed by atoms with Crippen LogP contribution in [0.2, 0.25) is 0 Å². The minimum absolute atomic E-state index is 0. The van der Waals surface area contributed by atoms with Crippen LogP contribution in [0, 0.1) is 22.7 Å². The zero-order valence-electron chi connectivity index (χ0n) is 4.25. The summed E-state index contributed by atoms with van der Waals surface area (Å²) in [5.41, 5.74) is 0. The van der Waals surface area contributed by atoms with Gasteiger partial charge in [0.05, 0.1) is 0 Å². The maximum atomic E-state index is 7.26. The van der Waals surface area contributed by atoms with Crippen molar-refractivity contribution in [3.63, 3.8) is 0 Å². The molecular weight excluding hydrogens is 147 g/mol. The van der Waals surface area contributed by atoms with Crippen molar-refractivity contribution in [3.8, 4) is 12.1 Å². The molecule has 0 aliphatic heterocycles. The molecule has 0 aliphatic rings. The van der Waals surface area contributed by atoms with E-state index in [4.69, 9.17) is 10.5 Å². The summed E-state index contributed by atoms with van der Waals surface area (Å²) in [7, 11) is 0. The Kier molecular flexibility index (Phi) is 43.1. The Morgan fingerprint density at radius 3 is 1.33 bits per heavy atom. The summed E-state index contributed by atoms with van der Waals surface area (Å²) in [6.45, 7) is 0. The van der Waals surface area contributed by atoms with Crippen molar-refractivity contribution in [2.75, 3.05) is 0 Å². The summed E-state index contributed by atoms with van der Waals surface area (Å²) in [6, 6.07) is 2.47. The molecule has 2 nitrogen and oxygen atoms in total. The van der Waals surface area contributed by atoms with E-state index in [9.17, 15) is 0 Å². The summed E-state index contributed by atoms with van der Waals surface area (Å²) < 4.78 is 0. The number of hydrogen-bond acceptors (Lipinski definition) is 2. The van der Waals surface area contributed by atoms with Crippen LogP contribution in [0.1, 0.15) is 1.43 Å². The zero-order chi connectivity index (χ0) is 3.41. The molecule has 0 saturated carbocycles. The van der Waals surface area contributed by atoms with Gasteiger partial charge in [-0.3, -0.25) is 0 Å². The molecule has 0 spiro atoms. The first-order valence-electron chi connectivity index (χ1n) is 0.697. The molecule has 0 radical (unpaired) electrons. The van der Waals surface area contributed by atoms with E-state index >= 15 is 0 Å². The van der Waals surface area contributed by atoms with Crippen molar-refractivity contribution in [2.24, 2.45) is 0 Å². The average molecular weight is 148 g/mol. The van der Waals surface area contributed by atoms with Crippen LogP contribution in [0.5, 0.6) is 0 Å². The summed E-state index contributed by atoms with van der Waals surface area (Å²) in [5.74, 6) is 0. The quantitative estimate of drug-likeness (QED) is 0.347. The molecule has 0 heterocycles. The van der Waals surface area contributed by atoms with Crippen LogP contribution in [0.3, 0.4) is 0 Å². The van der Waals surface area contributed by atoms with Crippen LogP contribution in [-0.4, -0.2) is 0 Å². The van der Waals surface area contributed by atoms with Gasteiger partial charge >= 0.3 is 51.4 Å². The fraction of sp³-hybridized carbons (Fsp3) is 0. The SMILES string of the molecule is N#CC#N.[Fe].[H-].[K+]. The molecule has 0 saturated heterocycles. The third-order valence-corrected chi connectivity index (χ3v) is 0.0500. The number of nitrogens with zero attached hydrogens (tertiary/aromatic N) is 2. The first-order valence-corrected chi connectivity index (χ1v) is 0.697. The van der Waals surface area contributed by atoms with E-state index in [1.807, 2.05) is 0 Å². The van der Waals surface area contributed by atoms with Crippen molar-refractivity contribution in [1.82, 2.24) is 0 Å². The van der Waals surface area contributed by atoms with Gasteiger partial charge in [-0.2, -0.15) is 10.5 Å². The second-order valence-corrected chi connectivity index (χ2v) is 0.224. The van der Waals surface area contributed by atoms with Crippen LogP contribution in [0.15, 0.2) is 0 Å². The predicted octanol–water partition coefficient (Wildman–Crippen LogP) is -2.85. The molecule has 4 heteroatoms. The molecule has 0 amide bonds. The van der Waals surface area contributed by atoms with Gasteiger partial charge in [0.1, 0.15) is 0 Å². The minimum Gasteiger partial charge on any atom is -1.00 e. The van der Waals surface area contributed by atoms with Gasteiger partial charge in [-0.25, -0.2) is 0 Å². The van der Waals surface area contributed by atoms with Crippen molar-refractivity contribution < 1.29 is 69.9 Å². The molecule has 0 aliphatic carbocycles.